The number of amides is 1. The third kappa shape index (κ3) is 5.02. The van der Waals surface area contributed by atoms with Crippen LogP contribution in [0, 0.1) is 27.7 Å². The number of carbonyl (C=O) groups is 1. The van der Waals surface area contributed by atoms with Crippen LogP contribution >= 0.6 is 0 Å². The number of hydrogen-bond donors (Lipinski definition) is 1. The fraction of sp³-hybridized carbons (Fsp3) is 0.320. The molecule has 0 atom stereocenters. The lowest BCUT2D eigenvalue weighted by Gasteiger charge is -2.35. The molecule has 1 N–H and O–H groups in total. The summed E-state index contributed by atoms with van der Waals surface area (Å²) in [5, 5.41) is 3.37. The highest BCUT2D eigenvalue weighted by Crippen LogP contribution is 2.22. The van der Waals surface area contributed by atoms with Crippen molar-refractivity contribution in [2.75, 3.05) is 36.4 Å². The van der Waals surface area contributed by atoms with Gasteiger partial charge >= 0.3 is 0 Å². The Morgan fingerprint density at radius 3 is 2.10 bits per heavy atom. The molecule has 160 valence electrons. The smallest absolute Gasteiger partial charge is 0.253 e. The molecule has 0 radical (unpaired) electrons. The Bertz CT molecular complexity index is 1070. The molecular formula is C25H29N5O. The molecule has 1 saturated heterocycles. The van der Waals surface area contributed by atoms with Crippen molar-refractivity contribution in [3.63, 3.8) is 0 Å². The third-order valence-corrected chi connectivity index (χ3v) is 5.51. The average molecular weight is 416 g/mol. The second kappa shape index (κ2) is 8.76. The molecule has 0 aliphatic carbocycles. The molecule has 1 amide bonds. The molecule has 1 fully saturated rings. The van der Waals surface area contributed by atoms with Crippen LogP contribution in [-0.2, 0) is 0 Å². The zero-order chi connectivity index (χ0) is 22.0. The number of nitrogens with one attached hydrogen (secondary N) is 1. The number of benzene rings is 2. The number of nitrogens with zero attached hydrogens (tertiary/aromatic N) is 4. The van der Waals surface area contributed by atoms with Crippen LogP contribution in [0.4, 0.5) is 17.3 Å². The highest BCUT2D eigenvalue weighted by molar-refractivity contribution is 5.94. The van der Waals surface area contributed by atoms with E-state index in [1.54, 1.807) is 0 Å². The van der Waals surface area contributed by atoms with Crippen LogP contribution in [-0.4, -0.2) is 47.0 Å². The average Bonchev–Trinajstić information content (AvgIpc) is 2.74. The fourth-order valence-electron chi connectivity index (χ4n) is 3.98. The summed E-state index contributed by atoms with van der Waals surface area (Å²) in [4.78, 5) is 26.3. The van der Waals surface area contributed by atoms with Crippen LogP contribution in [0.1, 0.15) is 32.9 Å². The Labute approximate surface area is 183 Å². The predicted octanol–water partition coefficient (Wildman–Crippen LogP) is 4.42. The zero-order valence-electron chi connectivity index (χ0n) is 18.6. The van der Waals surface area contributed by atoms with Gasteiger partial charge in [0, 0.05) is 43.5 Å². The molecule has 0 spiro atoms. The van der Waals surface area contributed by atoms with Gasteiger partial charge in [0.25, 0.3) is 5.91 Å². The number of anilines is 3. The van der Waals surface area contributed by atoms with Gasteiger partial charge in [-0.15, -0.1) is 0 Å². The van der Waals surface area contributed by atoms with E-state index in [2.05, 4.69) is 45.3 Å². The maximum atomic E-state index is 13.0. The second-order valence-corrected chi connectivity index (χ2v) is 8.31. The van der Waals surface area contributed by atoms with Crippen LogP contribution in [0.5, 0.6) is 0 Å². The summed E-state index contributed by atoms with van der Waals surface area (Å²) in [6.07, 6.45) is 0. The maximum Gasteiger partial charge on any atom is 0.253 e. The Morgan fingerprint density at radius 1 is 0.806 bits per heavy atom. The highest BCUT2D eigenvalue weighted by Gasteiger charge is 2.23. The lowest BCUT2D eigenvalue weighted by atomic mass is 10.1. The molecule has 4 rings (SSSR count). The largest absolute Gasteiger partial charge is 0.353 e. The van der Waals surface area contributed by atoms with Crippen LogP contribution < -0.4 is 10.2 Å². The quantitative estimate of drug-likeness (QED) is 0.684. The van der Waals surface area contributed by atoms with E-state index < -0.39 is 0 Å². The van der Waals surface area contributed by atoms with Crippen LogP contribution in [0.25, 0.3) is 0 Å². The third-order valence-electron chi connectivity index (χ3n) is 5.51. The molecule has 0 bridgehead atoms. The molecule has 31 heavy (non-hydrogen) atoms. The van der Waals surface area contributed by atoms with Gasteiger partial charge in [-0.05, 0) is 52.0 Å². The van der Waals surface area contributed by atoms with Crippen molar-refractivity contribution in [1.82, 2.24) is 14.9 Å². The van der Waals surface area contributed by atoms with Crippen LogP contribution in [0.3, 0.4) is 0 Å². The van der Waals surface area contributed by atoms with Gasteiger partial charge < -0.3 is 15.1 Å². The number of rotatable bonds is 4. The summed E-state index contributed by atoms with van der Waals surface area (Å²) < 4.78 is 0. The number of carbonyl (C=O) groups excluding carboxylic acids is 1. The summed E-state index contributed by atoms with van der Waals surface area (Å²) in [5.74, 6) is 2.49. The number of aromatic nitrogens is 2. The van der Waals surface area contributed by atoms with Crippen molar-refractivity contribution in [1.29, 1.82) is 0 Å². The molecule has 1 aliphatic rings. The molecule has 3 aromatic rings. The molecule has 6 nitrogen and oxygen atoms in total. The van der Waals surface area contributed by atoms with Gasteiger partial charge in [0.15, 0.2) is 0 Å². The van der Waals surface area contributed by atoms with Crippen molar-refractivity contribution in [2.45, 2.75) is 27.7 Å². The first-order chi connectivity index (χ1) is 14.9. The Kier molecular flexibility index (Phi) is 5.89. The molecule has 6 heteroatoms. The minimum atomic E-state index is 0.104. The molecule has 2 aromatic carbocycles. The van der Waals surface area contributed by atoms with Gasteiger partial charge in [0.05, 0.1) is 0 Å². The Morgan fingerprint density at radius 2 is 1.45 bits per heavy atom. The van der Waals surface area contributed by atoms with Gasteiger partial charge in [-0.2, -0.15) is 0 Å². The van der Waals surface area contributed by atoms with Gasteiger partial charge in [-0.3, -0.25) is 4.79 Å². The number of hydrogen-bond acceptors (Lipinski definition) is 5. The molecule has 1 aromatic heterocycles. The van der Waals surface area contributed by atoms with Gasteiger partial charge in [-0.1, -0.05) is 34.9 Å². The fourth-order valence-corrected chi connectivity index (χ4v) is 3.98. The maximum absolute atomic E-state index is 13.0. The first-order valence-electron chi connectivity index (χ1n) is 10.7. The monoisotopic (exact) mass is 415 g/mol. The van der Waals surface area contributed by atoms with Crippen molar-refractivity contribution >= 4 is 23.2 Å². The Hall–Kier alpha value is -3.41. The van der Waals surface area contributed by atoms with E-state index in [1.165, 1.54) is 5.56 Å². The van der Waals surface area contributed by atoms with Crippen molar-refractivity contribution < 1.29 is 4.79 Å². The summed E-state index contributed by atoms with van der Waals surface area (Å²) >= 11 is 0. The molecule has 0 unspecified atom stereocenters. The van der Waals surface area contributed by atoms with Crippen LogP contribution in [0.15, 0.2) is 48.5 Å². The molecule has 1 aliphatic heterocycles. The van der Waals surface area contributed by atoms with E-state index in [4.69, 9.17) is 0 Å². The van der Waals surface area contributed by atoms with E-state index in [-0.39, 0.29) is 5.91 Å². The SMILES string of the molecule is Cc1ccc(Nc2cc(N3CCN(C(=O)c4cc(C)cc(C)c4)CC3)nc(C)n2)cc1. The van der Waals surface area contributed by atoms with Gasteiger partial charge in [-0.25, -0.2) is 9.97 Å². The van der Waals surface area contributed by atoms with E-state index in [0.29, 0.717) is 13.1 Å². The minimum Gasteiger partial charge on any atom is -0.353 e. The first-order valence-corrected chi connectivity index (χ1v) is 10.7. The standard InChI is InChI=1S/C25H29N5O/c1-17-5-7-22(8-6-17)28-23-16-24(27-20(4)26-23)29-9-11-30(12-10-29)25(31)21-14-18(2)13-19(3)15-21/h5-8,13-16H,9-12H2,1-4H3,(H,26,27,28). The van der Waals surface area contributed by atoms with Gasteiger partial charge in [0.2, 0.25) is 0 Å². The van der Waals surface area contributed by atoms with E-state index >= 15 is 0 Å². The predicted molar refractivity (Wildman–Crippen MR) is 125 cm³/mol. The molecule has 0 saturated carbocycles. The minimum absolute atomic E-state index is 0.104. The summed E-state index contributed by atoms with van der Waals surface area (Å²) in [6.45, 7) is 10.9. The number of piperazine rings is 1. The lowest BCUT2D eigenvalue weighted by Crippen LogP contribution is -2.49. The summed E-state index contributed by atoms with van der Waals surface area (Å²) in [6, 6.07) is 16.2. The van der Waals surface area contributed by atoms with Crippen molar-refractivity contribution in [3.05, 3.63) is 76.6 Å². The van der Waals surface area contributed by atoms with E-state index in [0.717, 1.165) is 52.9 Å². The zero-order valence-corrected chi connectivity index (χ0v) is 18.6. The summed E-state index contributed by atoms with van der Waals surface area (Å²) in [5.41, 5.74) is 5.23. The second-order valence-electron chi connectivity index (χ2n) is 8.31. The lowest BCUT2D eigenvalue weighted by molar-refractivity contribution is 0.0746. The normalized spacial score (nSPS) is 13.9. The van der Waals surface area contributed by atoms with Gasteiger partial charge in [0.1, 0.15) is 17.5 Å². The first kappa shape index (κ1) is 20.8. The highest BCUT2D eigenvalue weighted by atomic mass is 16.2. The van der Waals surface area contributed by atoms with Crippen molar-refractivity contribution in [3.8, 4) is 0 Å². The summed E-state index contributed by atoms with van der Waals surface area (Å²) in [7, 11) is 0. The Balaban J connectivity index is 1.44. The van der Waals surface area contributed by atoms with Crippen molar-refractivity contribution in [2.24, 2.45) is 0 Å². The van der Waals surface area contributed by atoms with Crippen LogP contribution in [0.2, 0.25) is 0 Å². The number of aryl methyl sites for hydroxylation is 4. The van der Waals surface area contributed by atoms with E-state index in [1.807, 2.05) is 56.0 Å². The molecule has 2 heterocycles. The van der Waals surface area contributed by atoms with E-state index in [9.17, 15) is 4.79 Å². The topological polar surface area (TPSA) is 61.4 Å². The molecular weight excluding hydrogens is 386 g/mol.